The van der Waals surface area contributed by atoms with E-state index in [2.05, 4.69) is 16.0 Å². The topological polar surface area (TPSA) is 108 Å². The summed E-state index contributed by atoms with van der Waals surface area (Å²) in [6.07, 6.45) is 1.76. The number of fused-ring (bicyclic) bond motifs is 1. The quantitative estimate of drug-likeness (QED) is 0.447. The number of hydrogen-bond donors (Lipinski definition) is 4. The SMILES string of the molecule is O=C(NC(=O)c1ccc(CO)cc1)Nc1ccc2c(c1)NC(=O)C2=Cc1ccc(Cl)cc1. The Morgan fingerprint density at radius 1 is 1.00 bits per heavy atom. The Labute approximate surface area is 188 Å². The van der Waals surface area contributed by atoms with Gasteiger partial charge in [0.1, 0.15) is 0 Å². The van der Waals surface area contributed by atoms with Gasteiger partial charge >= 0.3 is 6.03 Å². The van der Waals surface area contributed by atoms with E-state index in [1.807, 2.05) is 12.1 Å². The van der Waals surface area contributed by atoms with Gasteiger partial charge < -0.3 is 15.7 Å². The molecule has 1 heterocycles. The van der Waals surface area contributed by atoms with Crippen LogP contribution in [-0.2, 0) is 11.4 Å². The van der Waals surface area contributed by atoms with Crippen molar-refractivity contribution < 1.29 is 19.5 Å². The smallest absolute Gasteiger partial charge is 0.326 e. The van der Waals surface area contributed by atoms with Crippen molar-refractivity contribution in [3.8, 4) is 0 Å². The lowest BCUT2D eigenvalue weighted by Gasteiger charge is -2.08. The van der Waals surface area contributed by atoms with E-state index in [1.54, 1.807) is 48.5 Å². The van der Waals surface area contributed by atoms with Gasteiger partial charge in [0.15, 0.2) is 0 Å². The largest absolute Gasteiger partial charge is 0.392 e. The molecule has 0 radical (unpaired) electrons. The van der Waals surface area contributed by atoms with Crippen LogP contribution in [0.4, 0.5) is 16.2 Å². The number of amides is 4. The van der Waals surface area contributed by atoms with E-state index in [9.17, 15) is 14.4 Å². The molecular formula is C24H18ClN3O4. The number of aliphatic hydroxyl groups excluding tert-OH is 1. The number of imide groups is 1. The lowest BCUT2D eigenvalue weighted by molar-refractivity contribution is -0.110. The number of carbonyl (C=O) groups excluding carboxylic acids is 3. The van der Waals surface area contributed by atoms with Crippen molar-refractivity contribution in [2.24, 2.45) is 0 Å². The first-order chi connectivity index (χ1) is 15.4. The van der Waals surface area contributed by atoms with E-state index in [1.165, 1.54) is 12.1 Å². The van der Waals surface area contributed by atoms with E-state index in [0.29, 0.717) is 33.1 Å². The monoisotopic (exact) mass is 447 g/mol. The Bertz CT molecular complexity index is 1240. The molecule has 1 aliphatic rings. The first-order valence-corrected chi connectivity index (χ1v) is 10.1. The first kappa shape index (κ1) is 21.3. The second kappa shape index (κ2) is 9.05. The van der Waals surface area contributed by atoms with Crippen LogP contribution in [0.1, 0.15) is 27.0 Å². The van der Waals surface area contributed by atoms with E-state index < -0.39 is 11.9 Å². The number of halogens is 1. The van der Waals surface area contributed by atoms with Crippen LogP contribution in [0.2, 0.25) is 5.02 Å². The molecule has 0 saturated carbocycles. The second-order valence-corrected chi connectivity index (χ2v) is 7.52. The number of anilines is 2. The fourth-order valence-corrected chi connectivity index (χ4v) is 3.37. The molecule has 4 rings (SSSR count). The van der Waals surface area contributed by atoms with Gasteiger partial charge in [-0.2, -0.15) is 0 Å². The highest BCUT2D eigenvalue weighted by molar-refractivity contribution is 6.35. The minimum absolute atomic E-state index is 0.131. The zero-order chi connectivity index (χ0) is 22.7. The van der Waals surface area contributed by atoms with E-state index in [0.717, 1.165) is 5.56 Å². The fraction of sp³-hybridized carbons (Fsp3) is 0.0417. The minimum Gasteiger partial charge on any atom is -0.392 e. The van der Waals surface area contributed by atoms with Gasteiger partial charge in [-0.1, -0.05) is 41.9 Å². The fourth-order valence-electron chi connectivity index (χ4n) is 3.24. The Morgan fingerprint density at radius 3 is 2.41 bits per heavy atom. The molecule has 0 aromatic heterocycles. The van der Waals surface area contributed by atoms with Crippen molar-refractivity contribution in [3.63, 3.8) is 0 Å². The summed E-state index contributed by atoms with van der Waals surface area (Å²) in [6, 6.07) is 17.7. The Hall–Kier alpha value is -3.94. The summed E-state index contributed by atoms with van der Waals surface area (Å²) < 4.78 is 0. The molecule has 4 amide bonds. The van der Waals surface area contributed by atoms with Gasteiger partial charge in [-0.3, -0.25) is 14.9 Å². The van der Waals surface area contributed by atoms with Crippen molar-refractivity contribution in [1.29, 1.82) is 0 Å². The molecule has 0 spiro atoms. The van der Waals surface area contributed by atoms with Crippen LogP contribution in [0.3, 0.4) is 0 Å². The molecule has 32 heavy (non-hydrogen) atoms. The van der Waals surface area contributed by atoms with Gasteiger partial charge in [0, 0.05) is 27.4 Å². The summed E-state index contributed by atoms with van der Waals surface area (Å²) in [5.41, 5.74) is 3.96. The maximum Gasteiger partial charge on any atom is 0.326 e. The van der Waals surface area contributed by atoms with E-state index >= 15 is 0 Å². The minimum atomic E-state index is -0.706. The Balaban J connectivity index is 1.45. The molecule has 160 valence electrons. The zero-order valence-corrected chi connectivity index (χ0v) is 17.4. The maximum absolute atomic E-state index is 12.4. The third-order valence-electron chi connectivity index (χ3n) is 4.87. The lowest BCUT2D eigenvalue weighted by Crippen LogP contribution is -2.34. The molecular weight excluding hydrogens is 430 g/mol. The van der Waals surface area contributed by atoms with Crippen LogP contribution in [0, 0.1) is 0 Å². The summed E-state index contributed by atoms with van der Waals surface area (Å²) in [6.45, 7) is -0.131. The summed E-state index contributed by atoms with van der Waals surface area (Å²) in [4.78, 5) is 36.8. The van der Waals surface area contributed by atoms with Crippen LogP contribution in [0.5, 0.6) is 0 Å². The van der Waals surface area contributed by atoms with Gasteiger partial charge in [0.05, 0.1) is 12.3 Å². The highest BCUT2D eigenvalue weighted by Crippen LogP contribution is 2.35. The van der Waals surface area contributed by atoms with E-state index in [4.69, 9.17) is 16.7 Å². The van der Waals surface area contributed by atoms with Crippen molar-refractivity contribution in [2.75, 3.05) is 10.6 Å². The molecule has 7 nitrogen and oxygen atoms in total. The predicted molar refractivity (Wildman–Crippen MR) is 123 cm³/mol. The number of aliphatic hydroxyl groups is 1. The molecule has 0 saturated heterocycles. The van der Waals surface area contributed by atoms with Crippen LogP contribution < -0.4 is 16.0 Å². The summed E-state index contributed by atoms with van der Waals surface area (Å²) in [7, 11) is 0. The van der Waals surface area contributed by atoms with Gasteiger partial charge in [-0.15, -0.1) is 0 Å². The first-order valence-electron chi connectivity index (χ1n) is 9.68. The molecule has 4 N–H and O–H groups in total. The second-order valence-electron chi connectivity index (χ2n) is 7.09. The lowest BCUT2D eigenvalue weighted by atomic mass is 10.0. The maximum atomic E-state index is 12.4. The average molecular weight is 448 g/mol. The van der Waals surface area contributed by atoms with Crippen LogP contribution >= 0.6 is 11.6 Å². The summed E-state index contributed by atoms with van der Waals surface area (Å²) in [5, 5.41) is 17.3. The van der Waals surface area contributed by atoms with Gasteiger partial charge in [-0.05, 0) is 53.6 Å². The zero-order valence-electron chi connectivity index (χ0n) is 16.7. The normalized spacial score (nSPS) is 13.4. The third kappa shape index (κ3) is 4.69. The van der Waals surface area contributed by atoms with Gasteiger partial charge in [0.25, 0.3) is 11.8 Å². The standard InChI is InChI=1S/C24H18ClN3O4/c25-17-7-3-14(4-8-17)11-20-19-10-9-18(12-21(19)27-23(20)31)26-24(32)28-22(30)16-5-1-15(13-29)2-6-16/h1-12,29H,13H2,(H,27,31)(H2,26,28,30,32). The molecule has 8 heteroatoms. The number of rotatable bonds is 4. The van der Waals surface area contributed by atoms with Gasteiger partial charge in [0.2, 0.25) is 0 Å². The molecule has 0 aliphatic carbocycles. The summed E-state index contributed by atoms with van der Waals surface area (Å²) in [5.74, 6) is -0.826. The van der Waals surface area contributed by atoms with Crippen molar-refractivity contribution in [1.82, 2.24) is 5.32 Å². The average Bonchev–Trinajstić information content (AvgIpc) is 3.09. The molecule has 3 aromatic carbocycles. The van der Waals surface area contributed by atoms with Crippen LogP contribution in [-0.4, -0.2) is 23.0 Å². The third-order valence-corrected chi connectivity index (χ3v) is 5.12. The Kier molecular flexibility index (Phi) is 6.02. The molecule has 0 unspecified atom stereocenters. The van der Waals surface area contributed by atoms with Crippen LogP contribution in [0.25, 0.3) is 11.6 Å². The molecule has 0 bridgehead atoms. The number of carbonyl (C=O) groups is 3. The summed E-state index contributed by atoms with van der Waals surface area (Å²) >= 11 is 5.91. The number of benzene rings is 3. The van der Waals surface area contributed by atoms with Crippen molar-refractivity contribution in [2.45, 2.75) is 6.61 Å². The van der Waals surface area contributed by atoms with Crippen molar-refractivity contribution in [3.05, 3.63) is 94.0 Å². The van der Waals surface area contributed by atoms with Crippen LogP contribution in [0.15, 0.2) is 66.7 Å². The number of hydrogen-bond acceptors (Lipinski definition) is 4. The van der Waals surface area contributed by atoms with Crippen molar-refractivity contribution >= 4 is 52.5 Å². The Morgan fingerprint density at radius 2 is 1.72 bits per heavy atom. The molecule has 0 atom stereocenters. The highest BCUT2D eigenvalue weighted by atomic mass is 35.5. The number of urea groups is 1. The van der Waals surface area contributed by atoms with E-state index in [-0.39, 0.29) is 18.1 Å². The molecule has 0 fully saturated rings. The molecule has 3 aromatic rings. The van der Waals surface area contributed by atoms with Gasteiger partial charge in [-0.25, -0.2) is 4.79 Å². The number of nitrogens with one attached hydrogen (secondary N) is 3. The predicted octanol–water partition coefficient (Wildman–Crippen LogP) is 4.29. The highest BCUT2D eigenvalue weighted by Gasteiger charge is 2.24. The molecule has 1 aliphatic heterocycles.